The van der Waals surface area contributed by atoms with Crippen molar-refractivity contribution in [2.75, 3.05) is 17.1 Å². The molecule has 1 aliphatic rings. The van der Waals surface area contributed by atoms with E-state index >= 15 is 0 Å². The highest BCUT2D eigenvalue weighted by Crippen LogP contribution is 2.22. The van der Waals surface area contributed by atoms with E-state index in [0.717, 1.165) is 41.3 Å². The summed E-state index contributed by atoms with van der Waals surface area (Å²) in [7, 11) is -3.54. The van der Waals surface area contributed by atoms with Crippen LogP contribution in [0.1, 0.15) is 56.1 Å². The first-order chi connectivity index (χ1) is 20.2. The quantitative estimate of drug-likeness (QED) is 0.242. The highest BCUT2D eigenvalue weighted by atomic mass is 79.9. The van der Waals surface area contributed by atoms with Crippen LogP contribution in [0.2, 0.25) is 0 Å². The van der Waals surface area contributed by atoms with Gasteiger partial charge >= 0.3 is 0 Å². The Labute approximate surface area is 258 Å². The van der Waals surface area contributed by atoms with Crippen molar-refractivity contribution >= 4 is 43.5 Å². The Morgan fingerprint density at radius 2 is 1.55 bits per heavy atom. The molecule has 0 saturated heterocycles. The van der Waals surface area contributed by atoms with Crippen LogP contribution in [0.15, 0.2) is 89.4 Å². The lowest BCUT2D eigenvalue weighted by Crippen LogP contribution is -2.52. The monoisotopic (exact) mass is 653 g/mol. The minimum absolute atomic E-state index is 0.106. The predicted octanol–water partition coefficient (Wildman–Crippen LogP) is 6.08. The summed E-state index contributed by atoms with van der Waals surface area (Å²) in [6, 6.07) is 25.8. The van der Waals surface area contributed by atoms with Gasteiger partial charge in [0.05, 0.1) is 11.9 Å². The van der Waals surface area contributed by atoms with Gasteiger partial charge in [-0.3, -0.25) is 13.9 Å². The second-order valence-corrected chi connectivity index (χ2v) is 13.8. The molecule has 0 aliphatic heterocycles. The molecule has 0 spiro atoms. The molecule has 1 N–H and O–H groups in total. The average molecular weight is 655 g/mol. The van der Waals surface area contributed by atoms with Gasteiger partial charge in [-0.05, 0) is 54.7 Å². The smallest absolute Gasteiger partial charge is 0.243 e. The van der Waals surface area contributed by atoms with Crippen LogP contribution in [-0.2, 0) is 32.6 Å². The zero-order chi connectivity index (χ0) is 30.0. The molecule has 0 unspecified atom stereocenters. The number of carbonyl (C=O) groups excluding carboxylic acids is 2. The van der Waals surface area contributed by atoms with E-state index in [1.165, 1.54) is 17.0 Å². The number of nitrogens with one attached hydrogen (secondary N) is 1. The first kappa shape index (κ1) is 31.8. The summed E-state index contributed by atoms with van der Waals surface area (Å²) < 4.78 is 27.4. The maximum atomic E-state index is 14.0. The van der Waals surface area contributed by atoms with E-state index < -0.39 is 16.1 Å². The van der Waals surface area contributed by atoms with Crippen molar-refractivity contribution in [2.45, 2.75) is 70.0 Å². The normalized spacial score (nSPS) is 14.6. The molecule has 0 aromatic heterocycles. The average Bonchev–Trinajstić information content (AvgIpc) is 2.98. The molecule has 7 nitrogen and oxygen atoms in total. The van der Waals surface area contributed by atoms with Gasteiger partial charge in [-0.15, -0.1) is 0 Å². The number of anilines is 1. The van der Waals surface area contributed by atoms with E-state index in [0.29, 0.717) is 18.5 Å². The lowest BCUT2D eigenvalue weighted by Gasteiger charge is -2.34. The van der Waals surface area contributed by atoms with Gasteiger partial charge in [0, 0.05) is 36.4 Å². The number of benzene rings is 3. The minimum Gasteiger partial charge on any atom is -0.352 e. The molecule has 1 fully saturated rings. The predicted molar refractivity (Wildman–Crippen MR) is 172 cm³/mol. The fourth-order valence-corrected chi connectivity index (χ4v) is 6.94. The second-order valence-electron chi connectivity index (χ2n) is 11.0. The Balaban J connectivity index is 1.58. The van der Waals surface area contributed by atoms with Crippen molar-refractivity contribution in [3.63, 3.8) is 0 Å². The van der Waals surface area contributed by atoms with Gasteiger partial charge in [-0.1, -0.05) is 95.9 Å². The topological polar surface area (TPSA) is 86.8 Å². The van der Waals surface area contributed by atoms with Gasteiger partial charge in [-0.2, -0.15) is 0 Å². The Bertz CT molecular complexity index is 1410. The zero-order valence-corrected chi connectivity index (χ0v) is 26.5. The molecule has 224 valence electrons. The summed E-state index contributed by atoms with van der Waals surface area (Å²) in [5.74, 6) is -0.327. The summed E-state index contributed by atoms with van der Waals surface area (Å²) in [4.78, 5) is 29.6. The number of carbonyl (C=O) groups is 2. The molecule has 0 heterocycles. The lowest BCUT2D eigenvalue weighted by atomic mass is 9.94. The lowest BCUT2D eigenvalue weighted by molar-refractivity contribution is -0.141. The fourth-order valence-electron chi connectivity index (χ4n) is 5.53. The second kappa shape index (κ2) is 15.3. The van der Waals surface area contributed by atoms with E-state index in [-0.39, 0.29) is 37.4 Å². The van der Waals surface area contributed by atoms with Gasteiger partial charge in [-0.25, -0.2) is 8.42 Å². The third-order valence-corrected chi connectivity index (χ3v) is 9.35. The molecule has 4 rings (SSSR count). The number of nitrogens with zero attached hydrogens (tertiary/aromatic N) is 2. The van der Waals surface area contributed by atoms with Crippen molar-refractivity contribution in [3.05, 3.63) is 101 Å². The molecule has 1 atom stereocenters. The number of halogens is 1. The van der Waals surface area contributed by atoms with Crippen LogP contribution < -0.4 is 9.62 Å². The SMILES string of the molecule is CS(=O)(=O)N(CCCC(=O)N(Cc1cccc(Br)c1)[C@@H](Cc1ccccc1)C(=O)NC1CCCCC1)c1ccccc1. The van der Waals surface area contributed by atoms with E-state index in [9.17, 15) is 18.0 Å². The number of hydrogen-bond donors (Lipinski definition) is 1. The van der Waals surface area contributed by atoms with Crippen molar-refractivity contribution in [1.29, 1.82) is 0 Å². The Morgan fingerprint density at radius 3 is 2.19 bits per heavy atom. The number of hydrogen-bond acceptors (Lipinski definition) is 4. The zero-order valence-electron chi connectivity index (χ0n) is 24.1. The number of amides is 2. The van der Waals surface area contributed by atoms with Crippen LogP contribution in [0.4, 0.5) is 5.69 Å². The highest BCUT2D eigenvalue weighted by Gasteiger charge is 2.32. The Kier molecular flexibility index (Phi) is 11.6. The van der Waals surface area contributed by atoms with E-state index in [1.54, 1.807) is 29.2 Å². The van der Waals surface area contributed by atoms with E-state index in [2.05, 4.69) is 21.2 Å². The summed E-state index contributed by atoms with van der Waals surface area (Å²) in [5.41, 5.74) is 2.44. The van der Waals surface area contributed by atoms with Crippen molar-refractivity contribution in [3.8, 4) is 0 Å². The maximum absolute atomic E-state index is 14.0. The van der Waals surface area contributed by atoms with Crippen LogP contribution in [0.5, 0.6) is 0 Å². The highest BCUT2D eigenvalue weighted by molar-refractivity contribution is 9.10. The minimum atomic E-state index is -3.54. The Morgan fingerprint density at radius 1 is 0.905 bits per heavy atom. The van der Waals surface area contributed by atoms with Crippen molar-refractivity contribution < 1.29 is 18.0 Å². The number of rotatable bonds is 13. The van der Waals surface area contributed by atoms with Crippen LogP contribution >= 0.6 is 15.9 Å². The summed E-state index contributed by atoms with van der Waals surface area (Å²) in [6.45, 7) is 0.430. The maximum Gasteiger partial charge on any atom is 0.243 e. The molecule has 9 heteroatoms. The van der Waals surface area contributed by atoms with Gasteiger partial charge in [0.1, 0.15) is 6.04 Å². The Hall–Kier alpha value is -3.17. The molecule has 0 radical (unpaired) electrons. The van der Waals surface area contributed by atoms with Gasteiger partial charge in [0.25, 0.3) is 0 Å². The van der Waals surface area contributed by atoms with Crippen LogP contribution in [0.3, 0.4) is 0 Å². The van der Waals surface area contributed by atoms with Crippen molar-refractivity contribution in [2.24, 2.45) is 0 Å². The van der Waals surface area contributed by atoms with Crippen LogP contribution in [-0.4, -0.2) is 50.0 Å². The third kappa shape index (κ3) is 9.42. The van der Waals surface area contributed by atoms with E-state index in [1.807, 2.05) is 60.7 Å². The third-order valence-electron chi connectivity index (χ3n) is 7.66. The van der Waals surface area contributed by atoms with Crippen LogP contribution in [0.25, 0.3) is 0 Å². The molecular weight excluding hydrogens is 614 g/mol. The van der Waals surface area contributed by atoms with Gasteiger partial charge in [0.2, 0.25) is 21.8 Å². The number of sulfonamides is 1. The molecule has 1 saturated carbocycles. The number of para-hydroxylation sites is 1. The molecular formula is C33H40BrN3O4S. The van der Waals surface area contributed by atoms with Gasteiger partial charge in [0.15, 0.2) is 0 Å². The standard InChI is InChI=1S/C33H40BrN3O4S/c1-42(40,41)37(30-19-9-4-10-20-30)22-12-21-32(38)36(25-27-15-11-16-28(34)23-27)31(24-26-13-5-2-6-14-26)33(39)35-29-17-7-3-8-18-29/h2,4-6,9-11,13-16,19-20,23,29,31H,3,7-8,12,17-18,21-22,24-25H2,1H3,(H,35,39)/t31-/m0/s1. The van der Waals surface area contributed by atoms with E-state index in [4.69, 9.17) is 0 Å². The fraction of sp³-hybridized carbons (Fsp3) is 0.394. The molecule has 3 aromatic carbocycles. The molecule has 42 heavy (non-hydrogen) atoms. The molecule has 2 amide bonds. The molecule has 1 aliphatic carbocycles. The first-order valence-electron chi connectivity index (χ1n) is 14.6. The summed E-state index contributed by atoms with van der Waals surface area (Å²) in [6.07, 6.45) is 7.24. The molecule has 3 aromatic rings. The largest absolute Gasteiger partial charge is 0.352 e. The van der Waals surface area contributed by atoms with Gasteiger partial charge < -0.3 is 10.2 Å². The summed E-state index contributed by atoms with van der Waals surface area (Å²) in [5, 5.41) is 3.26. The van der Waals surface area contributed by atoms with Crippen molar-refractivity contribution in [1.82, 2.24) is 10.2 Å². The van der Waals surface area contributed by atoms with Crippen LogP contribution in [0, 0.1) is 0 Å². The first-order valence-corrected chi connectivity index (χ1v) is 17.3. The summed E-state index contributed by atoms with van der Waals surface area (Å²) >= 11 is 3.53. The molecule has 0 bridgehead atoms.